The number of thiophene rings is 1. The number of nitrogens with one attached hydrogen (secondary N) is 1. The lowest BCUT2D eigenvalue weighted by molar-refractivity contribution is 0.707. The molecule has 0 fully saturated rings. The summed E-state index contributed by atoms with van der Waals surface area (Å²) in [4.78, 5) is 8.37. The Morgan fingerprint density at radius 2 is 2.43 bits per heavy atom. The van der Waals surface area contributed by atoms with Crippen molar-refractivity contribution in [1.82, 2.24) is 9.97 Å². The van der Waals surface area contributed by atoms with Crippen LogP contribution >= 0.6 is 27.3 Å². The summed E-state index contributed by atoms with van der Waals surface area (Å²) in [5.41, 5.74) is 6.03. The van der Waals surface area contributed by atoms with Gasteiger partial charge in [0, 0.05) is 29.7 Å². The first-order valence-corrected chi connectivity index (χ1v) is 5.86. The SMILES string of the molecule is NC(Cc1ncc[nH]1)c1ccc(Br)s1. The lowest BCUT2D eigenvalue weighted by atomic mass is 10.2. The molecule has 3 nitrogen and oxygen atoms in total. The Balaban J connectivity index is 2.06. The Morgan fingerprint density at radius 3 is 3.00 bits per heavy atom. The van der Waals surface area contributed by atoms with Crippen molar-refractivity contribution in [3.63, 3.8) is 0 Å². The minimum Gasteiger partial charge on any atom is -0.349 e. The highest BCUT2D eigenvalue weighted by atomic mass is 79.9. The monoisotopic (exact) mass is 271 g/mol. The minimum atomic E-state index is 0.0254. The fourth-order valence-electron chi connectivity index (χ4n) is 1.25. The highest BCUT2D eigenvalue weighted by molar-refractivity contribution is 9.11. The first-order chi connectivity index (χ1) is 6.75. The summed E-state index contributed by atoms with van der Waals surface area (Å²) in [7, 11) is 0. The van der Waals surface area contributed by atoms with Crippen LogP contribution in [0.3, 0.4) is 0 Å². The van der Waals surface area contributed by atoms with Gasteiger partial charge in [0.25, 0.3) is 0 Å². The van der Waals surface area contributed by atoms with Crippen molar-refractivity contribution in [3.05, 3.63) is 39.0 Å². The summed E-state index contributed by atoms with van der Waals surface area (Å²) in [6.45, 7) is 0. The molecule has 2 aromatic rings. The molecular weight excluding hydrogens is 262 g/mol. The van der Waals surface area contributed by atoms with E-state index >= 15 is 0 Å². The van der Waals surface area contributed by atoms with Gasteiger partial charge < -0.3 is 10.7 Å². The molecule has 0 bridgehead atoms. The predicted octanol–water partition coefficient (Wildman–Crippen LogP) is 2.48. The zero-order chi connectivity index (χ0) is 9.97. The van der Waals surface area contributed by atoms with Crippen LogP contribution in [0.5, 0.6) is 0 Å². The van der Waals surface area contributed by atoms with Crippen LogP contribution in [0.1, 0.15) is 16.7 Å². The molecule has 0 aliphatic heterocycles. The number of aromatic amines is 1. The zero-order valence-electron chi connectivity index (χ0n) is 7.40. The molecule has 2 aromatic heterocycles. The van der Waals surface area contributed by atoms with Gasteiger partial charge >= 0.3 is 0 Å². The Kier molecular flexibility index (Phi) is 3.00. The van der Waals surface area contributed by atoms with Crippen molar-refractivity contribution in [2.45, 2.75) is 12.5 Å². The lowest BCUT2D eigenvalue weighted by Gasteiger charge is -2.06. The molecule has 5 heteroatoms. The molecule has 14 heavy (non-hydrogen) atoms. The first kappa shape index (κ1) is 9.89. The molecule has 0 amide bonds. The van der Waals surface area contributed by atoms with Crippen molar-refractivity contribution in [1.29, 1.82) is 0 Å². The van der Waals surface area contributed by atoms with Gasteiger partial charge in [0.15, 0.2) is 0 Å². The fraction of sp³-hybridized carbons (Fsp3) is 0.222. The lowest BCUT2D eigenvalue weighted by Crippen LogP contribution is -2.12. The highest BCUT2D eigenvalue weighted by Crippen LogP contribution is 2.27. The molecular formula is C9H10BrN3S. The molecule has 0 aromatic carbocycles. The van der Waals surface area contributed by atoms with Crippen molar-refractivity contribution in [2.75, 3.05) is 0 Å². The average Bonchev–Trinajstić information content (AvgIpc) is 2.75. The summed E-state index contributed by atoms with van der Waals surface area (Å²) >= 11 is 5.09. The molecule has 0 spiro atoms. The molecule has 74 valence electrons. The Morgan fingerprint density at radius 1 is 1.57 bits per heavy atom. The van der Waals surface area contributed by atoms with E-state index in [-0.39, 0.29) is 6.04 Å². The van der Waals surface area contributed by atoms with Gasteiger partial charge in [-0.3, -0.25) is 0 Å². The zero-order valence-corrected chi connectivity index (χ0v) is 9.81. The van der Waals surface area contributed by atoms with Crippen LogP contribution in [0.15, 0.2) is 28.3 Å². The molecule has 0 saturated carbocycles. The summed E-state index contributed by atoms with van der Waals surface area (Å²) in [5, 5.41) is 0. The number of hydrogen-bond donors (Lipinski definition) is 2. The van der Waals surface area contributed by atoms with E-state index in [9.17, 15) is 0 Å². The third-order valence-corrected chi connectivity index (χ3v) is 3.68. The highest BCUT2D eigenvalue weighted by Gasteiger charge is 2.10. The van der Waals surface area contributed by atoms with Gasteiger partial charge in [0.2, 0.25) is 0 Å². The van der Waals surface area contributed by atoms with Gasteiger partial charge in [0.05, 0.1) is 3.79 Å². The molecule has 0 saturated heterocycles. The normalized spacial score (nSPS) is 13.0. The predicted molar refractivity (Wildman–Crippen MR) is 61.2 cm³/mol. The van der Waals surface area contributed by atoms with Crippen LogP contribution in [0, 0.1) is 0 Å². The fourth-order valence-corrected chi connectivity index (χ4v) is 2.67. The van der Waals surface area contributed by atoms with E-state index in [2.05, 4.69) is 25.9 Å². The van der Waals surface area contributed by atoms with Crippen LogP contribution in [-0.4, -0.2) is 9.97 Å². The summed E-state index contributed by atoms with van der Waals surface area (Å²) < 4.78 is 1.11. The smallest absolute Gasteiger partial charge is 0.107 e. The number of nitrogens with zero attached hydrogens (tertiary/aromatic N) is 1. The first-order valence-electron chi connectivity index (χ1n) is 4.25. The van der Waals surface area contributed by atoms with E-state index in [4.69, 9.17) is 5.73 Å². The van der Waals surface area contributed by atoms with Crippen molar-refractivity contribution >= 4 is 27.3 Å². The van der Waals surface area contributed by atoms with Gasteiger partial charge in [0.1, 0.15) is 5.82 Å². The Bertz CT molecular complexity index is 396. The van der Waals surface area contributed by atoms with Crippen LogP contribution < -0.4 is 5.73 Å². The van der Waals surface area contributed by atoms with Crippen LogP contribution in [-0.2, 0) is 6.42 Å². The van der Waals surface area contributed by atoms with Gasteiger partial charge in [-0.05, 0) is 28.1 Å². The standard InChI is InChI=1S/C9H10BrN3S/c10-8-2-1-7(14-8)6(11)5-9-12-3-4-13-9/h1-4,6H,5,11H2,(H,12,13). The van der Waals surface area contributed by atoms with Crippen LogP contribution in [0.2, 0.25) is 0 Å². The number of H-pyrrole nitrogens is 1. The molecule has 1 unspecified atom stereocenters. The number of imidazole rings is 1. The summed E-state index contributed by atoms with van der Waals surface area (Å²) in [6.07, 6.45) is 4.30. The second-order valence-corrected chi connectivity index (χ2v) is 5.48. The Labute approximate surface area is 94.5 Å². The minimum absolute atomic E-state index is 0.0254. The van der Waals surface area contributed by atoms with Gasteiger partial charge in [-0.15, -0.1) is 11.3 Å². The van der Waals surface area contributed by atoms with E-state index in [1.165, 1.54) is 4.88 Å². The molecule has 2 rings (SSSR count). The molecule has 0 radical (unpaired) electrons. The average molecular weight is 272 g/mol. The number of halogens is 1. The summed E-state index contributed by atoms with van der Waals surface area (Å²) in [5.74, 6) is 0.932. The Hall–Kier alpha value is -0.650. The maximum Gasteiger partial charge on any atom is 0.107 e. The molecule has 2 heterocycles. The van der Waals surface area contributed by atoms with Crippen molar-refractivity contribution in [3.8, 4) is 0 Å². The third-order valence-electron chi connectivity index (χ3n) is 1.93. The van der Waals surface area contributed by atoms with Gasteiger partial charge in [-0.1, -0.05) is 0 Å². The number of hydrogen-bond acceptors (Lipinski definition) is 3. The second-order valence-electron chi connectivity index (χ2n) is 2.99. The maximum absolute atomic E-state index is 6.03. The van der Waals surface area contributed by atoms with E-state index in [1.807, 2.05) is 18.3 Å². The number of aromatic nitrogens is 2. The largest absolute Gasteiger partial charge is 0.349 e. The topological polar surface area (TPSA) is 54.7 Å². The van der Waals surface area contributed by atoms with E-state index in [0.29, 0.717) is 0 Å². The van der Waals surface area contributed by atoms with Gasteiger partial charge in [-0.2, -0.15) is 0 Å². The molecule has 1 atom stereocenters. The molecule has 3 N–H and O–H groups in total. The van der Waals surface area contributed by atoms with Crippen LogP contribution in [0.4, 0.5) is 0 Å². The van der Waals surface area contributed by atoms with E-state index in [0.717, 1.165) is 16.0 Å². The number of nitrogens with two attached hydrogens (primary N) is 1. The third kappa shape index (κ3) is 2.23. The maximum atomic E-state index is 6.03. The molecule has 0 aliphatic rings. The summed E-state index contributed by atoms with van der Waals surface area (Å²) in [6, 6.07) is 4.09. The van der Waals surface area contributed by atoms with Gasteiger partial charge in [-0.25, -0.2) is 4.98 Å². The second kappa shape index (κ2) is 4.25. The van der Waals surface area contributed by atoms with Crippen molar-refractivity contribution < 1.29 is 0 Å². The van der Waals surface area contributed by atoms with E-state index in [1.54, 1.807) is 17.5 Å². The molecule has 0 aliphatic carbocycles. The van der Waals surface area contributed by atoms with Crippen LogP contribution in [0.25, 0.3) is 0 Å². The quantitative estimate of drug-likeness (QED) is 0.901. The number of rotatable bonds is 3. The van der Waals surface area contributed by atoms with Crippen molar-refractivity contribution in [2.24, 2.45) is 5.73 Å². The van der Waals surface area contributed by atoms with E-state index < -0.39 is 0 Å².